The molecule has 7 aliphatic rings. The lowest BCUT2D eigenvalue weighted by Gasteiger charge is -2.67. The van der Waals surface area contributed by atoms with Crippen LogP contribution in [-0.2, 0) is 28.4 Å². The van der Waals surface area contributed by atoms with E-state index in [1.165, 1.54) is 6.42 Å². The number of allylic oxidation sites excluding steroid dienone is 1. The summed E-state index contributed by atoms with van der Waals surface area (Å²) in [6.07, 6.45) is 8.31. The van der Waals surface area contributed by atoms with Crippen molar-refractivity contribution in [2.75, 3.05) is 26.9 Å². The van der Waals surface area contributed by atoms with Gasteiger partial charge in [-0.3, -0.25) is 0 Å². The molecule has 4 aliphatic heterocycles. The molecule has 4 saturated heterocycles. The van der Waals surface area contributed by atoms with Gasteiger partial charge in [-0.25, -0.2) is 0 Å². The number of hydrogen-bond acceptors (Lipinski definition) is 7. The second-order valence-electron chi connectivity index (χ2n) is 12.8. The molecule has 2 bridgehead atoms. The van der Waals surface area contributed by atoms with Gasteiger partial charge in [-0.05, 0) is 62.7 Å². The van der Waals surface area contributed by atoms with Gasteiger partial charge >= 0.3 is 0 Å². The fourth-order valence-corrected chi connectivity index (χ4v) is 8.95. The van der Waals surface area contributed by atoms with Crippen LogP contribution < -0.4 is 0 Å². The van der Waals surface area contributed by atoms with Gasteiger partial charge in [0.25, 0.3) is 0 Å². The molecular weight excluding hydrogens is 460 g/mol. The summed E-state index contributed by atoms with van der Waals surface area (Å²) in [6.45, 7) is 11.0. The summed E-state index contributed by atoms with van der Waals surface area (Å²) in [4.78, 5) is 0. The third-order valence-electron chi connectivity index (χ3n) is 11.4. The van der Waals surface area contributed by atoms with E-state index < -0.39 is 11.9 Å². The maximum Gasteiger partial charge on any atom is 0.177 e. The average Bonchev–Trinajstić information content (AvgIpc) is 2.84. The van der Waals surface area contributed by atoms with E-state index >= 15 is 0 Å². The highest BCUT2D eigenvalue weighted by atomic mass is 16.7. The van der Waals surface area contributed by atoms with Gasteiger partial charge in [-0.2, -0.15) is 0 Å². The van der Waals surface area contributed by atoms with Gasteiger partial charge in [-0.15, -0.1) is 0 Å². The van der Waals surface area contributed by atoms with Crippen molar-refractivity contribution in [3.63, 3.8) is 0 Å². The van der Waals surface area contributed by atoms with E-state index in [1.54, 1.807) is 12.7 Å². The van der Waals surface area contributed by atoms with Crippen molar-refractivity contribution in [2.24, 2.45) is 28.6 Å². The van der Waals surface area contributed by atoms with Crippen LogP contribution >= 0.6 is 0 Å². The molecule has 4 unspecified atom stereocenters. The SMILES string of the molecule is COC1CC(O[C@H]2CC[C@@]3(C)C(=CC[C@@H]4[C@@H]3CC[C@]3(C)[C@H](C)[C@H]5CO[C@@]43OCCO5)C2)OC(C)C1O. The van der Waals surface area contributed by atoms with Crippen molar-refractivity contribution in [2.45, 2.75) is 115 Å². The molecule has 2 saturated carbocycles. The zero-order valence-corrected chi connectivity index (χ0v) is 22.7. The summed E-state index contributed by atoms with van der Waals surface area (Å²) in [5, 5.41) is 10.3. The van der Waals surface area contributed by atoms with E-state index in [9.17, 15) is 5.11 Å². The first-order chi connectivity index (χ1) is 17.2. The monoisotopic (exact) mass is 506 g/mol. The Hall–Kier alpha value is -0.540. The average molecular weight is 507 g/mol. The Bertz CT molecular complexity index is 859. The maximum absolute atomic E-state index is 10.3. The largest absolute Gasteiger partial charge is 0.388 e. The molecule has 7 rings (SSSR count). The Morgan fingerprint density at radius 3 is 2.69 bits per heavy atom. The Labute approximate surface area is 216 Å². The molecule has 1 spiro atoms. The molecule has 0 radical (unpaired) electrons. The van der Waals surface area contributed by atoms with Gasteiger partial charge in [0, 0.05) is 24.9 Å². The minimum Gasteiger partial charge on any atom is -0.388 e. The third-order valence-corrected chi connectivity index (χ3v) is 11.4. The third kappa shape index (κ3) is 3.71. The van der Waals surface area contributed by atoms with Crippen molar-refractivity contribution in [1.82, 2.24) is 0 Å². The van der Waals surface area contributed by atoms with Crippen LogP contribution in [0.15, 0.2) is 11.6 Å². The standard InChI is InChI=1S/C29H46O7/c1-17-24-16-34-29(33-13-12-32-24)22-7-6-19-14-20(36-25-15-23(31-5)26(30)18(2)35-25)8-10-27(19,3)21(22)9-11-28(17,29)4/h6,17-18,20-26,30H,7-16H2,1-5H3/t17-,18?,20+,21+,22-,23?,24-,25?,26?,27+,28-,29+/m1/s1. The molecule has 6 fully saturated rings. The minimum atomic E-state index is -0.610. The lowest BCUT2D eigenvalue weighted by molar-refractivity contribution is -0.410. The van der Waals surface area contributed by atoms with Crippen LogP contribution in [0.1, 0.15) is 72.6 Å². The molecule has 204 valence electrons. The first-order valence-electron chi connectivity index (χ1n) is 14.3. The van der Waals surface area contributed by atoms with E-state index in [0.717, 1.165) is 32.1 Å². The highest BCUT2D eigenvalue weighted by molar-refractivity contribution is 5.27. The number of rotatable bonds is 3. The molecule has 3 aliphatic carbocycles. The molecule has 0 amide bonds. The van der Waals surface area contributed by atoms with Gasteiger partial charge in [-0.1, -0.05) is 32.4 Å². The fraction of sp³-hybridized carbons (Fsp3) is 0.931. The number of ether oxygens (including phenoxy) is 6. The molecule has 1 N–H and O–H groups in total. The lowest BCUT2D eigenvalue weighted by Crippen LogP contribution is -2.71. The molecule has 7 nitrogen and oxygen atoms in total. The zero-order chi connectivity index (χ0) is 25.3. The first kappa shape index (κ1) is 25.7. The van der Waals surface area contributed by atoms with Gasteiger partial charge < -0.3 is 33.5 Å². The van der Waals surface area contributed by atoms with Crippen molar-refractivity contribution < 1.29 is 33.5 Å². The van der Waals surface area contributed by atoms with E-state index in [-0.39, 0.29) is 41.5 Å². The summed E-state index contributed by atoms with van der Waals surface area (Å²) in [5.41, 5.74) is 1.66. The van der Waals surface area contributed by atoms with Crippen LogP contribution in [0.5, 0.6) is 0 Å². The van der Waals surface area contributed by atoms with Crippen molar-refractivity contribution in [3.8, 4) is 0 Å². The van der Waals surface area contributed by atoms with Crippen LogP contribution in [0, 0.1) is 28.6 Å². The second-order valence-corrected chi connectivity index (χ2v) is 12.8. The zero-order valence-electron chi connectivity index (χ0n) is 22.7. The highest BCUT2D eigenvalue weighted by Gasteiger charge is 2.68. The Morgan fingerprint density at radius 2 is 1.89 bits per heavy atom. The van der Waals surface area contributed by atoms with Crippen LogP contribution in [0.25, 0.3) is 0 Å². The topological polar surface area (TPSA) is 75.6 Å². The van der Waals surface area contributed by atoms with Crippen LogP contribution in [0.2, 0.25) is 0 Å². The molecule has 4 heterocycles. The van der Waals surface area contributed by atoms with Gasteiger partial charge in [0.15, 0.2) is 12.1 Å². The highest BCUT2D eigenvalue weighted by Crippen LogP contribution is 2.67. The predicted octanol–water partition coefficient (Wildman–Crippen LogP) is 4.21. The van der Waals surface area contributed by atoms with E-state index in [4.69, 9.17) is 28.4 Å². The summed E-state index contributed by atoms with van der Waals surface area (Å²) in [5.74, 6) is 0.822. The number of hydrogen-bond donors (Lipinski definition) is 1. The van der Waals surface area contributed by atoms with Crippen LogP contribution in [0.3, 0.4) is 0 Å². The summed E-state index contributed by atoms with van der Waals surface area (Å²) < 4.78 is 37.6. The number of aliphatic hydroxyl groups excluding tert-OH is 1. The Morgan fingerprint density at radius 1 is 1.06 bits per heavy atom. The Kier molecular flexibility index (Phi) is 6.63. The predicted molar refractivity (Wildman–Crippen MR) is 133 cm³/mol. The van der Waals surface area contributed by atoms with E-state index in [2.05, 4.69) is 26.8 Å². The molecule has 12 atom stereocenters. The second kappa shape index (κ2) is 9.29. The number of fused-ring (bicyclic) bond motifs is 7. The first-order valence-corrected chi connectivity index (χ1v) is 14.3. The van der Waals surface area contributed by atoms with Gasteiger partial charge in [0.05, 0.1) is 44.2 Å². The fourth-order valence-electron chi connectivity index (χ4n) is 8.95. The van der Waals surface area contributed by atoms with Crippen molar-refractivity contribution in [1.29, 1.82) is 0 Å². The van der Waals surface area contributed by atoms with Gasteiger partial charge in [0.2, 0.25) is 0 Å². The number of methoxy groups -OCH3 is 1. The minimum absolute atomic E-state index is 0.0308. The number of aliphatic hydroxyl groups is 1. The van der Waals surface area contributed by atoms with Crippen LogP contribution in [0.4, 0.5) is 0 Å². The summed E-state index contributed by atoms with van der Waals surface area (Å²) in [7, 11) is 1.65. The smallest absolute Gasteiger partial charge is 0.177 e. The van der Waals surface area contributed by atoms with E-state index in [1.807, 2.05) is 6.92 Å². The van der Waals surface area contributed by atoms with Gasteiger partial charge in [0.1, 0.15) is 6.10 Å². The molecule has 0 aromatic rings. The molecular formula is C29H46O7. The molecule has 7 heteroatoms. The molecule has 36 heavy (non-hydrogen) atoms. The Balaban J connectivity index is 1.21. The van der Waals surface area contributed by atoms with Crippen molar-refractivity contribution in [3.05, 3.63) is 11.6 Å². The quantitative estimate of drug-likeness (QED) is 0.575. The maximum atomic E-state index is 10.3. The summed E-state index contributed by atoms with van der Waals surface area (Å²) in [6, 6.07) is 0. The van der Waals surface area contributed by atoms with Crippen LogP contribution in [-0.4, -0.2) is 74.6 Å². The van der Waals surface area contributed by atoms with E-state index in [0.29, 0.717) is 44.0 Å². The normalized spacial score (nSPS) is 54.9. The molecule has 0 aromatic heterocycles. The lowest BCUT2D eigenvalue weighted by atomic mass is 9.46. The summed E-state index contributed by atoms with van der Waals surface area (Å²) >= 11 is 0. The molecule has 0 aromatic carbocycles. The van der Waals surface area contributed by atoms with Crippen molar-refractivity contribution >= 4 is 0 Å².